The number of carbonyl (C=O) groups is 3. The first-order valence-corrected chi connectivity index (χ1v) is 9.39. The van der Waals surface area contributed by atoms with Crippen LogP contribution in [-0.4, -0.2) is 59.8 Å². The summed E-state index contributed by atoms with van der Waals surface area (Å²) in [5.74, 6) is -3.00. The van der Waals surface area contributed by atoms with E-state index < -0.39 is 41.0 Å². The molecule has 0 aromatic rings. The van der Waals surface area contributed by atoms with Gasteiger partial charge in [0.15, 0.2) is 5.60 Å². The highest BCUT2D eigenvalue weighted by atomic mass is 16.7. The Kier molecular flexibility index (Phi) is 5.35. The zero-order valence-corrected chi connectivity index (χ0v) is 17.2. The number of aliphatic hydroxyl groups is 1. The van der Waals surface area contributed by atoms with Crippen molar-refractivity contribution in [3.63, 3.8) is 0 Å². The van der Waals surface area contributed by atoms with Crippen molar-refractivity contribution in [2.45, 2.75) is 70.1 Å². The molecule has 9 nitrogen and oxygen atoms in total. The van der Waals surface area contributed by atoms with E-state index in [0.29, 0.717) is 12.8 Å². The van der Waals surface area contributed by atoms with E-state index in [-0.39, 0.29) is 29.9 Å². The molecule has 3 heterocycles. The van der Waals surface area contributed by atoms with Gasteiger partial charge in [-0.2, -0.15) is 0 Å². The lowest BCUT2D eigenvalue weighted by atomic mass is 9.82. The maximum absolute atomic E-state index is 12.4. The summed E-state index contributed by atoms with van der Waals surface area (Å²) in [6.45, 7) is 5.56. The number of esters is 3. The molecular formula is C20H26O9. The highest BCUT2D eigenvalue weighted by Gasteiger charge is 2.62. The third-order valence-electron chi connectivity index (χ3n) is 5.66. The molecule has 0 amide bonds. The number of rotatable bonds is 4. The van der Waals surface area contributed by atoms with Crippen LogP contribution in [0.5, 0.6) is 0 Å². The number of fused-ring (bicyclic) bond motifs is 3. The quantitative estimate of drug-likeness (QED) is 0.540. The van der Waals surface area contributed by atoms with E-state index in [1.54, 1.807) is 19.9 Å². The molecule has 29 heavy (non-hydrogen) atoms. The summed E-state index contributed by atoms with van der Waals surface area (Å²) in [4.78, 5) is 35.5. The molecule has 0 spiro atoms. The number of carbonyl (C=O) groups excluding carboxylic acids is 3. The maximum Gasteiger partial charge on any atom is 0.343 e. The third kappa shape index (κ3) is 3.70. The van der Waals surface area contributed by atoms with Crippen molar-refractivity contribution in [2.24, 2.45) is 0 Å². The number of hydrogen-bond donors (Lipinski definition) is 1. The van der Waals surface area contributed by atoms with Crippen molar-refractivity contribution in [3.05, 3.63) is 23.0 Å². The Morgan fingerprint density at radius 1 is 1.24 bits per heavy atom. The van der Waals surface area contributed by atoms with Crippen LogP contribution >= 0.6 is 0 Å². The van der Waals surface area contributed by atoms with Gasteiger partial charge in [-0.25, -0.2) is 4.79 Å². The van der Waals surface area contributed by atoms with Crippen LogP contribution in [0.4, 0.5) is 0 Å². The molecule has 160 valence electrons. The van der Waals surface area contributed by atoms with Crippen LogP contribution in [0.15, 0.2) is 23.0 Å². The van der Waals surface area contributed by atoms with Gasteiger partial charge in [0.05, 0.1) is 17.3 Å². The standard InChI is InChI=1S/C20H26O9/c1-11(21)26-10-13-16-14(23)8-19(4,28-12(2)22)20(25-5)7-6-18(3,29-20)9-15(16)27-17(13)24/h9,14,23H,6-8,10H2,1-5H3. The Hall–Kier alpha value is -2.23. The minimum atomic E-state index is -1.36. The van der Waals surface area contributed by atoms with Gasteiger partial charge in [-0.05, 0) is 26.3 Å². The molecule has 0 aromatic heterocycles. The van der Waals surface area contributed by atoms with E-state index >= 15 is 0 Å². The average Bonchev–Trinajstić information content (AvgIpc) is 3.10. The van der Waals surface area contributed by atoms with E-state index in [9.17, 15) is 19.5 Å². The molecule has 3 aliphatic rings. The second-order valence-electron chi connectivity index (χ2n) is 7.99. The van der Waals surface area contributed by atoms with Gasteiger partial charge in [0, 0.05) is 39.4 Å². The first-order chi connectivity index (χ1) is 13.4. The van der Waals surface area contributed by atoms with Crippen LogP contribution < -0.4 is 0 Å². The third-order valence-corrected chi connectivity index (χ3v) is 5.66. The molecule has 1 fully saturated rings. The van der Waals surface area contributed by atoms with Gasteiger partial charge in [0.1, 0.15) is 12.4 Å². The lowest BCUT2D eigenvalue weighted by Crippen LogP contribution is -2.58. The van der Waals surface area contributed by atoms with Crippen molar-refractivity contribution < 1.29 is 43.2 Å². The lowest BCUT2D eigenvalue weighted by Gasteiger charge is -2.45. The van der Waals surface area contributed by atoms with E-state index in [2.05, 4.69) is 0 Å². The highest BCUT2D eigenvalue weighted by Crippen LogP contribution is 2.51. The summed E-state index contributed by atoms with van der Waals surface area (Å²) < 4.78 is 27.9. The Labute approximate surface area is 168 Å². The summed E-state index contributed by atoms with van der Waals surface area (Å²) in [6, 6.07) is 0. The van der Waals surface area contributed by atoms with Crippen LogP contribution in [0, 0.1) is 0 Å². The van der Waals surface area contributed by atoms with Crippen molar-refractivity contribution in [1.82, 2.24) is 0 Å². The molecule has 3 rings (SSSR count). The number of aliphatic hydroxyl groups excluding tert-OH is 1. The van der Waals surface area contributed by atoms with Gasteiger partial charge in [-0.1, -0.05) is 0 Å². The summed E-state index contributed by atoms with van der Waals surface area (Å²) in [5, 5.41) is 11.1. The molecule has 3 aliphatic heterocycles. The molecule has 0 aliphatic carbocycles. The van der Waals surface area contributed by atoms with Crippen LogP contribution in [0.1, 0.15) is 47.0 Å². The lowest BCUT2D eigenvalue weighted by molar-refractivity contribution is -0.313. The van der Waals surface area contributed by atoms with Gasteiger partial charge >= 0.3 is 17.9 Å². The zero-order valence-electron chi connectivity index (χ0n) is 17.2. The minimum absolute atomic E-state index is 0.0389. The normalized spacial score (nSPS) is 36.4. The van der Waals surface area contributed by atoms with Crippen molar-refractivity contribution >= 4 is 17.9 Å². The molecule has 9 heteroatoms. The van der Waals surface area contributed by atoms with E-state index in [0.717, 1.165) is 0 Å². The molecule has 1 saturated heterocycles. The fraction of sp³-hybridized carbons (Fsp3) is 0.650. The number of methoxy groups -OCH3 is 1. The zero-order chi connectivity index (χ0) is 21.6. The fourth-order valence-electron chi connectivity index (χ4n) is 4.32. The largest absolute Gasteiger partial charge is 0.461 e. The second-order valence-corrected chi connectivity index (χ2v) is 7.99. The van der Waals surface area contributed by atoms with Gasteiger partial charge in [-0.15, -0.1) is 0 Å². The summed E-state index contributed by atoms with van der Waals surface area (Å²) in [6.07, 6.45) is 1.13. The fourth-order valence-corrected chi connectivity index (χ4v) is 4.32. The molecular weight excluding hydrogens is 384 g/mol. The summed E-state index contributed by atoms with van der Waals surface area (Å²) in [7, 11) is 1.46. The maximum atomic E-state index is 12.4. The van der Waals surface area contributed by atoms with Crippen LogP contribution in [0.25, 0.3) is 0 Å². The van der Waals surface area contributed by atoms with Crippen molar-refractivity contribution in [1.29, 1.82) is 0 Å². The van der Waals surface area contributed by atoms with Crippen molar-refractivity contribution in [2.75, 3.05) is 13.7 Å². The molecule has 0 radical (unpaired) electrons. The second kappa shape index (κ2) is 7.23. The molecule has 2 bridgehead atoms. The van der Waals surface area contributed by atoms with Crippen LogP contribution in [0.2, 0.25) is 0 Å². The molecule has 1 N–H and O–H groups in total. The monoisotopic (exact) mass is 410 g/mol. The van der Waals surface area contributed by atoms with Gasteiger partial charge < -0.3 is 28.8 Å². The van der Waals surface area contributed by atoms with E-state index in [4.69, 9.17) is 23.7 Å². The Morgan fingerprint density at radius 2 is 1.93 bits per heavy atom. The van der Waals surface area contributed by atoms with E-state index in [1.807, 2.05) is 0 Å². The minimum Gasteiger partial charge on any atom is -0.461 e. The molecule has 0 aromatic carbocycles. The SMILES string of the molecule is COC12CCC(C)(C=C3OC(=O)C(COC(C)=O)=C3C(O)CC1(C)OC(C)=O)O2. The van der Waals surface area contributed by atoms with Gasteiger partial charge in [0.2, 0.25) is 5.79 Å². The van der Waals surface area contributed by atoms with Crippen LogP contribution in [-0.2, 0) is 38.1 Å². The smallest absolute Gasteiger partial charge is 0.343 e. The Morgan fingerprint density at radius 3 is 2.52 bits per heavy atom. The summed E-state index contributed by atoms with van der Waals surface area (Å²) in [5.41, 5.74) is -2.03. The first-order valence-electron chi connectivity index (χ1n) is 9.39. The van der Waals surface area contributed by atoms with E-state index in [1.165, 1.54) is 21.0 Å². The summed E-state index contributed by atoms with van der Waals surface area (Å²) >= 11 is 0. The first kappa shape index (κ1) is 21.5. The van der Waals surface area contributed by atoms with Crippen LogP contribution in [0.3, 0.4) is 0 Å². The highest BCUT2D eigenvalue weighted by molar-refractivity contribution is 5.95. The Bertz CT molecular complexity index is 813. The topological polar surface area (TPSA) is 118 Å². The Balaban J connectivity index is 2.14. The number of ether oxygens (including phenoxy) is 5. The predicted octanol–water partition coefficient (Wildman–Crippen LogP) is 1.28. The molecule has 4 atom stereocenters. The molecule has 0 saturated carbocycles. The van der Waals surface area contributed by atoms with Crippen molar-refractivity contribution in [3.8, 4) is 0 Å². The van der Waals surface area contributed by atoms with Gasteiger partial charge in [-0.3, -0.25) is 9.59 Å². The molecule has 4 unspecified atom stereocenters. The predicted molar refractivity (Wildman–Crippen MR) is 97.1 cm³/mol. The van der Waals surface area contributed by atoms with Gasteiger partial charge in [0.25, 0.3) is 0 Å². The number of hydrogen-bond acceptors (Lipinski definition) is 9. The average molecular weight is 410 g/mol.